The Kier molecular flexibility index (Phi) is 16.4. The van der Waals surface area contributed by atoms with E-state index in [1.165, 1.54) is 0 Å². The second-order valence-electron chi connectivity index (χ2n) is 8.17. The number of carbonyl (C=O) groups excluding carboxylic acids is 2. The zero-order chi connectivity index (χ0) is 27.5. The summed E-state index contributed by atoms with van der Waals surface area (Å²) in [5.74, 6) is -0.0525. The minimum atomic E-state index is -0.308. The molecule has 0 N–H and O–H groups in total. The first-order valence-electron chi connectivity index (χ1n) is 12.2. The third-order valence-corrected chi connectivity index (χ3v) is 6.19. The van der Waals surface area contributed by atoms with E-state index in [0.717, 1.165) is 33.9 Å². The van der Waals surface area contributed by atoms with E-state index in [0.29, 0.717) is 19.1 Å². The summed E-state index contributed by atoms with van der Waals surface area (Å²) in [5, 5.41) is 1.91. The second kappa shape index (κ2) is 18.7. The molecule has 2 atom stereocenters. The largest absolute Gasteiger partial charge is 0.466 e. The minimum Gasteiger partial charge on any atom is -0.466 e. The summed E-state index contributed by atoms with van der Waals surface area (Å²) in [6.45, 7) is 10.1. The van der Waals surface area contributed by atoms with Crippen LogP contribution in [0.2, 0.25) is 0 Å². The van der Waals surface area contributed by atoms with Crippen LogP contribution in [0.3, 0.4) is 0 Å². The number of hydrogen-bond donors (Lipinski definition) is 0. The van der Waals surface area contributed by atoms with Gasteiger partial charge in [0.25, 0.3) is 0 Å². The molecule has 1 fully saturated rings. The Morgan fingerprint density at radius 1 is 0.946 bits per heavy atom. The molecule has 0 radical (unpaired) electrons. The normalized spacial score (nSPS) is 17.3. The number of halogens is 2. The van der Waals surface area contributed by atoms with Gasteiger partial charge in [0.15, 0.2) is 0 Å². The molecule has 2 aromatic carbocycles. The number of esters is 2. The molecule has 0 aromatic heterocycles. The van der Waals surface area contributed by atoms with Crippen LogP contribution in [-0.4, -0.2) is 48.1 Å². The van der Waals surface area contributed by atoms with Crippen LogP contribution >= 0.6 is 31.9 Å². The Morgan fingerprint density at radius 3 is 1.81 bits per heavy atom. The van der Waals surface area contributed by atoms with E-state index >= 15 is 0 Å². The fourth-order valence-corrected chi connectivity index (χ4v) is 3.82. The highest BCUT2D eigenvalue weighted by Gasteiger charge is 2.55. The van der Waals surface area contributed by atoms with E-state index in [2.05, 4.69) is 55.6 Å². The van der Waals surface area contributed by atoms with Crippen molar-refractivity contribution >= 4 is 49.5 Å². The minimum absolute atomic E-state index is 0.0347. The van der Waals surface area contributed by atoms with E-state index in [4.69, 9.17) is 9.47 Å². The van der Waals surface area contributed by atoms with Crippen molar-refractivity contribution in [1.82, 2.24) is 0 Å². The number of alkyl halides is 2. The molecule has 0 bridgehead atoms. The lowest BCUT2D eigenvalue weighted by Gasteiger charge is -2.07. The van der Waals surface area contributed by atoms with Gasteiger partial charge in [-0.1, -0.05) is 111 Å². The first-order valence-corrected chi connectivity index (χ1v) is 14.5. The van der Waals surface area contributed by atoms with Crippen molar-refractivity contribution in [2.24, 2.45) is 16.3 Å². The molecule has 2 unspecified atom stereocenters. The summed E-state index contributed by atoms with van der Waals surface area (Å²) in [6, 6.07) is 19.7. The van der Waals surface area contributed by atoms with Crippen LogP contribution in [0.15, 0.2) is 90.5 Å². The molecule has 5 nitrogen and oxygen atoms in total. The van der Waals surface area contributed by atoms with Crippen LogP contribution in [-0.2, 0) is 19.1 Å². The van der Waals surface area contributed by atoms with Gasteiger partial charge in [-0.2, -0.15) is 0 Å². The van der Waals surface area contributed by atoms with Crippen LogP contribution in [0.25, 0.3) is 0 Å². The van der Waals surface area contributed by atoms with Crippen LogP contribution in [0.4, 0.5) is 0 Å². The van der Waals surface area contributed by atoms with Crippen molar-refractivity contribution in [2.45, 2.75) is 27.2 Å². The van der Waals surface area contributed by atoms with Gasteiger partial charge in [0.1, 0.15) is 6.54 Å². The fraction of sp³-hybridized carbons (Fsp3) is 0.367. The molecular weight excluding hydrogens is 598 g/mol. The van der Waals surface area contributed by atoms with Gasteiger partial charge in [-0.15, -0.1) is 6.58 Å². The van der Waals surface area contributed by atoms with Crippen molar-refractivity contribution in [3.05, 3.63) is 96.6 Å². The summed E-state index contributed by atoms with van der Waals surface area (Å²) >= 11 is 6.49. The molecule has 37 heavy (non-hydrogen) atoms. The summed E-state index contributed by atoms with van der Waals surface area (Å²) in [5.41, 5.74) is 2.53. The van der Waals surface area contributed by atoms with Gasteiger partial charge in [-0.25, -0.2) is 0 Å². The van der Waals surface area contributed by atoms with Crippen LogP contribution in [0.5, 0.6) is 0 Å². The second-order valence-corrected chi connectivity index (χ2v) is 9.46. The first-order chi connectivity index (χ1) is 17.9. The van der Waals surface area contributed by atoms with E-state index in [9.17, 15) is 9.59 Å². The van der Waals surface area contributed by atoms with Gasteiger partial charge in [-0.05, 0) is 33.1 Å². The molecule has 3 rings (SSSR count). The summed E-state index contributed by atoms with van der Waals surface area (Å²) in [4.78, 5) is 27.1. The number of allylic oxidation sites excluding steroid dienone is 3. The third kappa shape index (κ3) is 12.1. The standard InChI is InChI=1S/C17H17NO2.C9H14O2.C4H6Br2/c1-2-20-16(19)13-18-17(14-9-5-3-6-10-14)15-11-7-4-8-12-15;1-4-7-6-9(7,3)8(10)11-5-2;5-3-1-2-4-6/h3-12H,2,13H2,1H3;4,7H,1,5-6H2,2-3H3;1-2H,3-4H2/b;;2-1+. The van der Waals surface area contributed by atoms with E-state index in [1.54, 1.807) is 6.92 Å². The molecule has 1 aliphatic carbocycles. The van der Waals surface area contributed by atoms with Gasteiger partial charge in [-0.3, -0.25) is 14.6 Å². The number of ether oxygens (including phenoxy) is 2. The highest BCUT2D eigenvalue weighted by Crippen LogP contribution is 2.53. The van der Waals surface area contributed by atoms with Gasteiger partial charge in [0.05, 0.1) is 24.3 Å². The van der Waals surface area contributed by atoms with Gasteiger partial charge >= 0.3 is 11.9 Å². The lowest BCUT2D eigenvalue weighted by atomic mass is 10.0. The van der Waals surface area contributed by atoms with Crippen LogP contribution in [0, 0.1) is 11.3 Å². The Hall–Kier alpha value is -2.51. The summed E-state index contributed by atoms with van der Waals surface area (Å²) in [6.07, 6.45) is 6.83. The number of benzene rings is 2. The number of aliphatic imine (C=N–C) groups is 1. The van der Waals surface area contributed by atoms with Gasteiger partial charge < -0.3 is 9.47 Å². The van der Waals surface area contributed by atoms with Gasteiger partial charge in [0.2, 0.25) is 0 Å². The Labute approximate surface area is 238 Å². The molecule has 0 saturated heterocycles. The third-order valence-electron chi connectivity index (χ3n) is 5.44. The Morgan fingerprint density at radius 2 is 1.43 bits per heavy atom. The van der Waals surface area contributed by atoms with Crippen molar-refractivity contribution in [2.75, 3.05) is 30.4 Å². The predicted octanol–water partition coefficient (Wildman–Crippen LogP) is 7.18. The van der Waals surface area contributed by atoms with E-state index in [1.807, 2.05) is 80.6 Å². The Balaban J connectivity index is 0.000000337. The average molecular weight is 635 g/mol. The van der Waals surface area contributed by atoms with Crippen molar-refractivity contribution in [3.8, 4) is 0 Å². The van der Waals surface area contributed by atoms with Crippen LogP contribution in [0.1, 0.15) is 38.3 Å². The average Bonchev–Trinajstić information content (AvgIpc) is 3.61. The topological polar surface area (TPSA) is 65.0 Å². The van der Waals surface area contributed by atoms with E-state index in [-0.39, 0.29) is 23.9 Å². The maximum Gasteiger partial charge on any atom is 0.327 e. The molecule has 0 aliphatic heterocycles. The summed E-state index contributed by atoms with van der Waals surface area (Å²) < 4.78 is 9.83. The fourth-order valence-electron chi connectivity index (χ4n) is 3.29. The lowest BCUT2D eigenvalue weighted by molar-refractivity contribution is -0.149. The number of rotatable bonds is 10. The molecule has 0 spiro atoms. The van der Waals surface area contributed by atoms with Crippen molar-refractivity contribution in [3.63, 3.8) is 0 Å². The number of nitrogens with zero attached hydrogens (tertiary/aromatic N) is 1. The molecule has 2 aromatic rings. The van der Waals surface area contributed by atoms with Crippen molar-refractivity contribution < 1.29 is 19.1 Å². The number of hydrogen-bond acceptors (Lipinski definition) is 5. The Bertz CT molecular complexity index is 961. The smallest absolute Gasteiger partial charge is 0.327 e. The zero-order valence-electron chi connectivity index (χ0n) is 21.9. The highest BCUT2D eigenvalue weighted by molar-refractivity contribution is 9.09. The maximum absolute atomic E-state index is 11.5. The molecule has 1 aliphatic rings. The predicted molar refractivity (Wildman–Crippen MR) is 160 cm³/mol. The lowest BCUT2D eigenvalue weighted by Crippen LogP contribution is -2.17. The maximum atomic E-state index is 11.5. The highest BCUT2D eigenvalue weighted by atomic mass is 79.9. The summed E-state index contributed by atoms with van der Waals surface area (Å²) in [7, 11) is 0. The first kappa shape index (κ1) is 32.5. The van der Waals surface area contributed by atoms with E-state index < -0.39 is 0 Å². The SMILES string of the molecule is BrC/C=C/CBr.C=CC1CC1(C)C(=O)OCC.CCOC(=O)CN=C(c1ccccc1)c1ccccc1. The van der Waals surface area contributed by atoms with Crippen LogP contribution < -0.4 is 0 Å². The molecule has 200 valence electrons. The van der Waals surface area contributed by atoms with Crippen molar-refractivity contribution in [1.29, 1.82) is 0 Å². The monoisotopic (exact) mass is 633 g/mol. The molecule has 1 saturated carbocycles. The molecule has 0 amide bonds. The molecule has 7 heteroatoms. The number of carbonyl (C=O) groups is 2. The van der Waals surface area contributed by atoms with Gasteiger partial charge in [0, 0.05) is 21.8 Å². The quantitative estimate of drug-likeness (QED) is 0.120. The molecule has 0 heterocycles. The zero-order valence-corrected chi connectivity index (χ0v) is 25.0. The molecular formula is C30H37Br2NO4.